The van der Waals surface area contributed by atoms with Gasteiger partial charge in [-0.3, -0.25) is 0 Å². The highest BCUT2D eigenvalue weighted by Gasteiger charge is 2.59. The molecule has 4 rings (SSSR count). The molecule has 144 valence electrons. The summed E-state index contributed by atoms with van der Waals surface area (Å²) in [7, 11) is 2.95. The smallest absolute Gasteiger partial charge is 0.160 e. The van der Waals surface area contributed by atoms with Crippen molar-refractivity contribution in [2.45, 2.75) is 17.8 Å². The molecule has 27 heavy (non-hydrogen) atoms. The summed E-state index contributed by atoms with van der Waals surface area (Å²) in [5.41, 5.74) is 0.304. The van der Waals surface area contributed by atoms with Crippen LogP contribution >= 0.6 is 0 Å². The fourth-order valence-corrected chi connectivity index (χ4v) is 4.00. The van der Waals surface area contributed by atoms with Crippen molar-refractivity contribution < 1.29 is 34.3 Å². The molecule has 0 radical (unpaired) electrons. The van der Waals surface area contributed by atoms with Gasteiger partial charge in [0.15, 0.2) is 23.0 Å². The second-order valence-electron chi connectivity index (χ2n) is 6.91. The summed E-state index contributed by atoms with van der Waals surface area (Å²) in [6.45, 7) is 0.428. The number of methoxy groups -OCH3 is 2. The van der Waals surface area contributed by atoms with Gasteiger partial charge in [0.1, 0.15) is 11.7 Å². The van der Waals surface area contributed by atoms with E-state index in [-0.39, 0.29) is 30.1 Å². The highest BCUT2D eigenvalue weighted by molar-refractivity contribution is 5.45. The zero-order chi connectivity index (χ0) is 19.2. The molecule has 2 fully saturated rings. The third-order valence-electron chi connectivity index (χ3n) is 5.44. The number of aromatic hydroxyl groups is 2. The van der Waals surface area contributed by atoms with Crippen LogP contribution in [0.15, 0.2) is 36.4 Å². The van der Waals surface area contributed by atoms with E-state index in [0.717, 1.165) is 5.56 Å². The lowest BCUT2D eigenvalue weighted by molar-refractivity contribution is -0.0628. The Balaban J connectivity index is 1.64. The van der Waals surface area contributed by atoms with Crippen LogP contribution in [0.2, 0.25) is 0 Å². The molecular weight excluding hydrogens is 352 g/mol. The monoisotopic (exact) mass is 374 g/mol. The summed E-state index contributed by atoms with van der Waals surface area (Å²) in [6.07, 6.45) is -0.977. The first-order chi connectivity index (χ1) is 13.0. The Hall–Kier alpha value is -2.48. The molecule has 0 spiro atoms. The first-order valence-corrected chi connectivity index (χ1v) is 8.67. The molecule has 7 heteroatoms. The Morgan fingerprint density at radius 1 is 0.926 bits per heavy atom. The lowest BCUT2D eigenvalue weighted by atomic mass is 9.81. The van der Waals surface area contributed by atoms with Gasteiger partial charge >= 0.3 is 0 Å². The number of aliphatic hydroxyl groups is 1. The average molecular weight is 374 g/mol. The molecule has 2 heterocycles. The predicted octanol–water partition coefficient (Wildman–Crippen LogP) is 2.31. The molecule has 0 unspecified atom stereocenters. The molecule has 2 saturated heterocycles. The fraction of sp³-hybridized carbons (Fsp3) is 0.400. The molecule has 2 aliphatic heterocycles. The van der Waals surface area contributed by atoms with Crippen LogP contribution in [0.5, 0.6) is 23.0 Å². The molecule has 0 amide bonds. The van der Waals surface area contributed by atoms with Crippen molar-refractivity contribution in [3.63, 3.8) is 0 Å². The molecule has 2 aromatic carbocycles. The van der Waals surface area contributed by atoms with E-state index >= 15 is 0 Å². The summed E-state index contributed by atoms with van der Waals surface area (Å²) >= 11 is 0. The number of benzene rings is 2. The number of fused-ring (bicyclic) bond motifs is 1. The van der Waals surface area contributed by atoms with Gasteiger partial charge in [0.05, 0.1) is 33.5 Å². The molecule has 3 N–H and O–H groups in total. The lowest BCUT2D eigenvalue weighted by Gasteiger charge is -2.27. The van der Waals surface area contributed by atoms with Gasteiger partial charge < -0.3 is 34.3 Å². The predicted molar refractivity (Wildman–Crippen MR) is 95.1 cm³/mol. The number of phenols is 2. The highest BCUT2D eigenvalue weighted by atomic mass is 16.6. The highest BCUT2D eigenvalue weighted by Crippen LogP contribution is 2.54. The van der Waals surface area contributed by atoms with E-state index in [4.69, 9.17) is 18.9 Å². The second-order valence-corrected chi connectivity index (χ2v) is 6.91. The van der Waals surface area contributed by atoms with Crippen molar-refractivity contribution in [1.82, 2.24) is 0 Å². The zero-order valence-electron chi connectivity index (χ0n) is 15.1. The number of hydrogen-bond acceptors (Lipinski definition) is 7. The minimum Gasteiger partial charge on any atom is -0.504 e. The normalized spacial score (nSPS) is 29.5. The fourth-order valence-electron chi connectivity index (χ4n) is 4.00. The van der Waals surface area contributed by atoms with Crippen LogP contribution < -0.4 is 9.47 Å². The van der Waals surface area contributed by atoms with Gasteiger partial charge in [0, 0.05) is 5.92 Å². The summed E-state index contributed by atoms with van der Waals surface area (Å²) < 4.78 is 22.2. The van der Waals surface area contributed by atoms with Gasteiger partial charge in [-0.15, -0.1) is 0 Å². The van der Waals surface area contributed by atoms with Crippen molar-refractivity contribution in [2.75, 3.05) is 27.4 Å². The first-order valence-electron chi connectivity index (χ1n) is 8.67. The molecule has 2 aromatic rings. The molecular formula is C20H22O7. The topological polar surface area (TPSA) is 97.6 Å². The summed E-state index contributed by atoms with van der Waals surface area (Å²) in [4.78, 5) is 0. The Kier molecular flexibility index (Phi) is 4.38. The quantitative estimate of drug-likeness (QED) is 0.755. The summed E-state index contributed by atoms with van der Waals surface area (Å²) in [5, 5.41) is 31.0. The van der Waals surface area contributed by atoms with E-state index in [1.54, 1.807) is 30.3 Å². The second kappa shape index (κ2) is 6.60. The zero-order valence-corrected chi connectivity index (χ0v) is 15.1. The van der Waals surface area contributed by atoms with Gasteiger partial charge in [-0.05, 0) is 35.4 Å². The molecule has 0 aromatic heterocycles. The third-order valence-corrected chi connectivity index (χ3v) is 5.44. The number of rotatable bonds is 4. The van der Waals surface area contributed by atoms with Gasteiger partial charge in [0.2, 0.25) is 0 Å². The summed E-state index contributed by atoms with van der Waals surface area (Å²) in [6, 6.07) is 9.91. The van der Waals surface area contributed by atoms with Crippen molar-refractivity contribution in [1.29, 1.82) is 0 Å². The van der Waals surface area contributed by atoms with Gasteiger partial charge in [-0.2, -0.15) is 0 Å². The summed E-state index contributed by atoms with van der Waals surface area (Å²) in [5.74, 6) is 0.467. The van der Waals surface area contributed by atoms with Crippen LogP contribution in [0.3, 0.4) is 0 Å². The van der Waals surface area contributed by atoms with Gasteiger partial charge in [-0.1, -0.05) is 12.1 Å². The Labute approximate surface area is 156 Å². The van der Waals surface area contributed by atoms with E-state index < -0.39 is 11.7 Å². The van der Waals surface area contributed by atoms with Crippen LogP contribution in [0.1, 0.15) is 23.3 Å². The SMILES string of the molecule is COc1cc([C@H]2OC[C@@]3(O)[C@@H](c4ccc(O)c(OC)c4)OC[C@H]23)ccc1O. The van der Waals surface area contributed by atoms with Gasteiger partial charge in [-0.25, -0.2) is 0 Å². The molecule has 4 atom stereocenters. The van der Waals surface area contributed by atoms with E-state index in [1.165, 1.54) is 20.3 Å². The van der Waals surface area contributed by atoms with Crippen molar-refractivity contribution in [3.8, 4) is 23.0 Å². The van der Waals surface area contributed by atoms with E-state index in [9.17, 15) is 15.3 Å². The van der Waals surface area contributed by atoms with E-state index in [2.05, 4.69) is 0 Å². The van der Waals surface area contributed by atoms with Crippen LogP contribution in [0, 0.1) is 5.92 Å². The minimum absolute atomic E-state index is 0.0273. The molecule has 7 nitrogen and oxygen atoms in total. The molecule has 0 saturated carbocycles. The van der Waals surface area contributed by atoms with E-state index in [1.807, 2.05) is 0 Å². The van der Waals surface area contributed by atoms with Crippen molar-refractivity contribution in [2.24, 2.45) is 5.92 Å². The minimum atomic E-state index is -1.21. The maximum absolute atomic E-state index is 11.4. The Morgan fingerprint density at radius 2 is 1.52 bits per heavy atom. The van der Waals surface area contributed by atoms with Crippen LogP contribution in [0.25, 0.3) is 0 Å². The first kappa shape index (κ1) is 17.9. The molecule has 0 aliphatic carbocycles. The van der Waals surface area contributed by atoms with Crippen LogP contribution in [-0.2, 0) is 9.47 Å². The standard InChI is InChI=1S/C20H22O7/c1-24-16-7-11(3-5-14(16)21)18-13-9-26-19(20(13,23)10-27-18)12-4-6-15(22)17(8-12)25-2/h3-8,13,18-19,21-23H,9-10H2,1-2H3/t13-,18-,19-,20+/m1/s1. The van der Waals surface area contributed by atoms with Crippen molar-refractivity contribution in [3.05, 3.63) is 47.5 Å². The maximum atomic E-state index is 11.4. The van der Waals surface area contributed by atoms with Crippen LogP contribution in [-0.4, -0.2) is 48.4 Å². The largest absolute Gasteiger partial charge is 0.504 e. The Morgan fingerprint density at radius 3 is 2.15 bits per heavy atom. The number of phenolic OH excluding ortho intramolecular Hbond substituents is 2. The molecule has 2 aliphatic rings. The van der Waals surface area contributed by atoms with Gasteiger partial charge in [0.25, 0.3) is 0 Å². The number of hydrogen-bond donors (Lipinski definition) is 3. The van der Waals surface area contributed by atoms with Crippen molar-refractivity contribution >= 4 is 0 Å². The Bertz CT molecular complexity index is 852. The average Bonchev–Trinajstić information content (AvgIpc) is 3.17. The maximum Gasteiger partial charge on any atom is 0.160 e. The third kappa shape index (κ3) is 2.79. The van der Waals surface area contributed by atoms with Crippen LogP contribution in [0.4, 0.5) is 0 Å². The number of ether oxygens (including phenoxy) is 4. The molecule has 0 bridgehead atoms. The lowest BCUT2D eigenvalue weighted by Crippen LogP contribution is -2.39. The van der Waals surface area contributed by atoms with E-state index in [0.29, 0.717) is 23.7 Å².